The first-order valence-electron chi connectivity index (χ1n) is 5.30. The van der Waals surface area contributed by atoms with Gasteiger partial charge < -0.3 is 11.1 Å². The van der Waals surface area contributed by atoms with Crippen molar-refractivity contribution in [3.63, 3.8) is 0 Å². The molecule has 0 aromatic heterocycles. The van der Waals surface area contributed by atoms with Gasteiger partial charge in [-0.25, -0.2) is 13.1 Å². The molecule has 0 fully saturated rings. The van der Waals surface area contributed by atoms with E-state index in [-0.39, 0.29) is 24.1 Å². The second-order valence-corrected chi connectivity index (χ2v) is 5.80. The molecule has 0 aromatic rings. The fraction of sp³-hybridized carbons (Fsp3) is 0.889. The largest absolute Gasteiger partial charge is 0.354 e. The maximum atomic E-state index is 11.4. The molecular formula is C9H21N3O3S. The Balaban J connectivity index is 3.96. The molecule has 16 heavy (non-hydrogen) atoms. The van der Waals surface area contributed by atoms with Crippen LogP contribution in [0.25, 0.3) is 0 Å². The molecule has 4 N–H and O–H groups in total. The van der Waals surface area contributed by atoms with Crippen LogP contribution in [0.4, 0.5) is 0 Å². The van der Waals surface area contributed by atoms with Gasteiger partial charge in [-0.3, -0.25) is 4.79 Å². The second-order valence-electron chi connectivity index (χ2n) is 3.88. The van der Waals surface area contributed by atoms with Gasteiger partial charge in [0, 0.05) is 13.1 Å². The quantitative estimate of drug-likeness (QED) is 0.541. The van der Waals surface area contributed by atoms with Crippen molar-refractivity contribution in [2.24, 2.45) is 11.7 Å². The third kappa shape index (κ3) is 6.04. The topological polar surface area (TPSA) is 101 Å². The summed E-state index contributed by atoms with van der Waals surface area (Å²) >= 11 is 0. The Hall–Kier alpha value is -0.660. The average Bonchev–Trinajstić information content (AvgIpc) is 2.15. The molecular weight excluding hydrogens is 230 g/mol. The van der Waals surface area contributed by atoms with E-state index in [1.807, 2.05) is 13.8 Å². The maximum Gasteiger partial charge on any atom is 0.237 e. The van der Waals surface area contributed by atoms with Gasteiger partial charge in [0.1, 0.15) is 0 Å². The highest BCUT2D eigenvalue weighted by Gasteiger charge is 2.17. The highest BCUT2D eigenvalue weighted by Crippen LogP contribution is 1.97. The van der Waals surface area contributed by atoms with Crippen molar-refractivity contribution >= 4 is 15.9 Å². The van der Waals surface area contributed by atoms with E-state index in [4.69, 9.17) is 5.73 Å². The van der Waals surface area contributed by atoms with Crippen LogP contribution in [0.1, 0.15) is 20.8 Å². The van der Waals surface area contributed by atoms with Gasteiger partial charge >= 0.3 is 0 Å². The van der Waals surface area contributed by atoms with Crippen LogP contribution in [0.3, 0.4) is 0 Å². The summed E-state index contributed by atoms with van der Waals surface area (Å²) in [7, 11) is -3.28. The van der Waals surface area contributed by atoms with Crippen molar-refractivity contribution in [3.05, 3.63) is 0 Å². The molecule has 1 unspecified atom stereocenters. The van der Waals surface area contributed by atoms with Gasteiger partial charge in [-0.2, -0.15) is 0 Å². The van der Waals surface area contributed by atoms with Gasteiger partial charge in [-0.05, 0) is 5.92 Å². The van der Waals surface area contributed by atoms with Gasteiger partial charge in [0.25, 0.3) is 0 Å². The molecule has 0 radical (unpaired) electrons. The Morgan fingerprint density at radius 3 is 2.38 bits per heavy atom. The van der Waals surface area contributed by atoms with Crippen molar-refractivity contribution in [2.75, 3.05) is 18.8 Å². The van der Waals surface area contributed by atoms with E-state index in [1.54, 1.807) is 6.92 Å². The van der Waals surface area contributed by atoms with Crippen LogP contribution in [-0.4, -0.2) is 39.2 Å². The van der Waals surface area contributed by atoms with Crippen LogP contribution in [0, 0.1) is 5.92 Å². The average molecular weight is 251 g/mol. The van der Waals surface area contributed by atoms with Crippen LogP contribution in [0.15, 0.2) is 0 Å². The van der Waals surface area contributed by atoms with E-state index >= 15 is 0 Å². The van der Waals surface area contributed by atoms with Crippen molar-refractivity contribution in [3.8, 4) is 0 Å². The van der Waals surface area contributed by atoms with E-state index in [0.29, 0.717) is 6.54 Å². The van der Waals surface area contributed by atoms with Gasteiger partial charge in [-0.15, -0.1) is 0 Å². The molecule has 7 heteroatoms. The molecule has 6 nitrogen and oxygen atoms in total. The van der Waals surface area contributed by atoms with E-state index in [1.165, 1.54) is 0 Å². The number of nitrogens with one attached hydrogen (secondary N) is 2. The van der Waals surface area contributed by atoms with Crippen molar-refractivity contribution in [2.45, 2.75) is 26.8 Å². The standard InChI is InChI=1S/C9H21N3O3S/c1-4-12-16(14,15)6-5-11-9(13)8(10)7(2)3/h7-8,12H,4-6,10H2,1-3H3,(H,11,13). The molecule has 0 spiro atoms. The summed E-state index contributed by atoms with van der Waals surface area (Å²) in [5.74, 6) is -0.413. The normalized spacial score (nSPS) is 13.8. The number of hydrogen-bond acceptors (Lipinski definition) is 4. The zero-order valence-corrected chi connectivity index (χ0v) is 10.8. The number of sulfonamides is 1. The molecule has 96 valence electrons. The highest BCUT2D eigenvalue weighted by atomic mass is 32.2. The smallest absolute Gasteiger partial charge is 0.237 e. The molecule has 0 heterocycles. The van der Waals surface area contributed by atoms with Crippen LogP contribution < -0.4 is 15.8 Å². The van der Waals surface area contributed by atoms with E-state index < -0.39 is 16.1 Å². The first-order valence-corrected chi connectivity index (χ1v) is 6.96. The third-order valence-corrected chi connectivity index (χ3v) is 3.53. The van der Waals surface area contributed by atoms with Gasteiger partial charge in [0.15, 0.2) is 0 Å². The molecule has 0 bridgehead atoms. The lowest BCUT2D eigenvalue weighted by Gasteiger charge is -2.15. The first kappa shape index (κ1) is 15.3. The van der Waals surface area contributed by atoms with Crippen molar-refractivity contribution in [1.29, 1.82) is 0 Å². The highest BCUT2D eigenvalue weighted by molar-refractivity contribution is 7.89. The van der Waals surface area contributed by atoms with Crippen LogP contribution in [-0.2, 0) is 14.8 Å². The molecule has 0 aliphatic carbocycles. The summed E-state index contributed by atoms with van der Waals surface area (Å²) in [5, 5.41) is 2.50. The molecule has 0 rings (SSSR count). The summed E-state index contributed by atoms with van der Waals surface area (Å²) in [6.45, 7) is 5.79. The zero-order valence-electron chi connectivity index (χ0n) is 9.99. The van der Waals surface area contributed by atoms with Crippen LogP contribution in [0.2, 0.25) is 0 Å². The third-order valence-electron chi connectivity index (χ3n) is 2.06. The predicted molar refractivity (Wildman–Crippen MR) is 63.3 cm³/mol. The van der Waals surface area contributed by atoms with Gasteiger partial charge in [0.2, 0.25) is 15.9 Å². The molecule has 0 saturated carbocycles. The minimum absolute atomic E-state index is 0.0328. The number of amides is 1. The molecule has 0 saturated heterocycles. The Bertz CT molecular complexity index is 314. The Morgan fingerprint density at radius 2 is 1.94 bits per heavy atom. The SMILES string of the molecule is CCNS(=O)(=O)CCNC(=O)C(N)C(C)C. The maximum absolute atomic E-state index is 11.4. The molecule has 0 aliphatic heterocycles. The Labute approximate surface area is 97.0 Å². The number of rotatable bonds is 7. The number of nitrogens with two attached hydrogens (primary N) is 1. The predicted octanol–water partition coefficient (Wildman–Crippen LogP) is -0.975. The lowest BCUT2D eigenvalue weighted by atomic mass is 10.1. The number of carbonyl (C=O) groups is 1. The summed E-state index contributed by atoms with van der Waals surface area (Å²) in [5.41, 5.74) is 5.59. The van der Waals surface area contributed by atoms with E-state index in [9.17, 15) is 13.2 Å². The monoisotopic (exact) mass is 251 g/mol. The second kappa shape index (κ2) is 6.82. The summed E-state index contributed by atoms with van der Waals surface area (Å²) in [6, 6.07) is -0.596. The zero-order chi connectivity index (χ0) is 12.8. The first-order chi connectivity index (χ1) is 7.30. The fourth-order valence-corrected chi connectivity index (χ4v) is 1.98. The Kier molecular flexibility index (Phi) is 6.54. The minimum Gasteiger partial charge on any atom is -0.354 e. The minimum atomic E-state index is -3.28. The molecule has 1 amide bonds. The summed E-state index contributed by atoms with van der Waals surface area (Å²) in [6.07, 6.45) is 0. The van der Waals surface area contributed by atoms with Crippen molar-refractivity contribution in [1.82, 2.24) is 10.0 Å². The van der Waals surface area contributed by atoms with Gasteiger partial charge in [-0.1, -0.05) is 20.8 Å². The van der Waals surface area contributed by atoms with E-state index in [2.05, 4.69) is 10.0 Å². The molecule has 0 aliphatic rings. The number of hydrogen-bond donors (Lipinski definition) is 3. The lowest BCUT2D eigenvalue weighted by molar-refractivity contribution is -0.123. The molecule has 0 aromatic carbocycles. The van der Waals surface area contributed by atoms with E-state index in [0.717, 1.165) is 0 Å². The summed E-state index contributed by atoms with van der Waals surface area (Å²) < 4.78 is 24.8. The van der Waals surface area contributed by atoms with Crippen LogP contribution in [0.5, 0.6) is 0 Å². The van der Waals surface area contributed by atoms with Crippen LogP contribution >= 0.6 is 0 Å². The lowest BCUT2D eigenvalue weighted by Crippen LogP contribution is -2.45. The summed E-state index contributed by atoms with van der Waals surface area (Å²) in [4.78, 5) is 11.4. The fourth-order valence-electron chi connectivity index (χ4n) is 1.02. The Morgan fingerprint density at radius 1 is 1.38 bits per heavy atom. The molecule has 1 atom stereocenters. The van der Waals surface area contributed by atoms with Crippen molar-refractivity contribution < 1.29 is 13.2 Å². The number of carbonyl (C=O) groups excluding carboxylic acids is 1. The van der Waals surface area contributed by atoms with Gasteiger partial charge in [0.05, 0.1) is 11.8 Å².